The van der Waals surface area contributed by atoms with Crippen LogP contribution in [0.2, 0.25) is 0 Å². The summed E-state index contributed by atoms with van der Waals surface area (Å²) in [5.41, 5.74) is 2.68. The van der Waals surface area contributed by atoms with Gasteiger partial charge in [-0.15, -0.1) is 0 Å². The van der Waals surface area contributed by atoms with E-state index in [2.05, 4.69) is 10.3 Å². The van der Waals surface area contributed by atoms with Gasteiger partial charge in [0.25, 0.3) is 5.91 Å². The second-order valence-electron chi connectivity index (χ2n) is 8.11. The molecule has 4 aromatic rings. The molecule has 1 unspecified atom stereocenters. The number of rotatable bonds is 7. The molecule has 0 aliphatic rings. The van der Waals surface area contributed by atoms with Gasteiger partial charge in [0.2, 0.25) is 11.2 Å². The quantitative estimate of drug-likeness (QED) is 0.191. The standard InChI is InChI=1S/C26H25N3O5/c1-16(23-14-19-8-4-7-11-22(19)34-23)12-13-17(2)26(31)33-15-27-25(30)24-18(3)29(32)21-10-6-5-9-20(21)28-24/h4-12,14,17H,13,15H2,1-3H3,(H,27,30)/b16-12-. The number of carbonyl (C=O) groups excluding carboxylic acids is 2. The molecule has 0 saturated carbocycles. The van der Waals surface area contributed by atoms with Gasteiger partial charge in [0.15, 0.2) is 12.4 Å². The molecular weight excluding hydrogens is 434 g/mol. The maximum Gasteiger partial charge on any atom is 0.310 e. The molecule has 0 spiro atoms. The van der Waals surface area contributed by atoms with Gasteiger partial charge in [0.05, 0.1) is 5.92 Å². The highest BCUT2D eigenvalue weighted by molar-refractivity contribution is 5.94. The molecule has 0 aliphatic heterocycles. The van der Waals surface area contributed by atoms with Crippen molar-refractivity contribution in [2.75, 3.05) is 6.73 Å². The van der Waals surface area contributed by atoms with E-state index >= 15 is 0 Å². The van der Waals surface area contributed by atoms with Gasteiger partial charge in [-0.1, -0.05) is 43.3 Å². The molecule has 0 aliphatic carbocycles. The van der Waals surface area contributed by atoms with Gasteiger partial charge in [0, 0.05) is 18.4 Å². The van der Waals surface area contributed by atoms with Crippen LogP contribution in [0.4, 0.5) is 0 Å². The molecule has 1 N–H and O–H groups in total. The van der Waals surface area contributed by atoms with Crippen LogP contribution in [0, 0.1) is 18.0 Å². The molecular formula is C26H25N3O5. The van der Waals surface area contributed by atoms with Crippen LogP contribution < -0.4 is 10.0 Å². The molecule has 8 nitrogen and oxygen atoms in total. The molecule has 8 heteroatoms. The first-order valence-electron chi connectivity index (χ1n) is 10.9. The average Bonchev–Trinajstić information content (AvgIpc) is 3.29. The van der Waals surface area contributed by atoms with E-state index in [4.69, 9.17) is 9.15 Å². The van der Waals surface area contributed by atoms with Gasteiger partial charge >= 0.3 is 5.97 Å². The van der Waals surface area contributed by atoms with Crippen molar-refractivity contribution < 1.29 is 23.5 Å². The lowest BCUT2D eigenvalue weighted by Crippen LogP contribution is -2.37. The highest BCUT2D eigenvalue weighted by Gasteiger charge is 2.21. The van der Waals surface area contributed by atoms with Crippen LogP contribution >= 0.6 is 0 Å². The van der Waals surface area contributed by atoms with Gasteiger partial charge in [0.1, 0.15) is 16.9 Å². The Kier molecular flexibility index (Phi) is 6.58. The topological polar surface area (TPSA) is 108 Å². The molecule has 0 bridgehead atoms. The third-order valence-corrected chi connectivity index (χ3v) is 5.64. The van der Waals surface area contributed by atoms with E-state index in [1.165, 1.54) is 6.92 Å². The third kappa shape index (κ3) is 4.76. The largest absolute Gasteiger partial charge is 0.618 e. The van der Waals surface area contributed by atoms with Crippen molar-refractivity contribution in [1.29, 1.82) is 0 Å². The molecule has 174 valence electrons. The Morgan fingerprint density at radius 2 is 1.94 bits per heavy atom. The molecule has 2 heterocycles. The van der Waals surface area contributed by atoms with Crippen molar-refractivity contribution >= 4 is 39.5 Å². The second kappa shape index (κ2) is 9.74. The Labute approximate surface area is 196 Å². The summed E-state index contributed by atoms with van der Waals surface area (Å²) < 4.78 is 11.7. The first-order valence-corrected chi connectivity index (χ1v) is 10.9. The van der Waals surface area contributed by atoms with Crippen molar-refractivity contribution in [3.8, 4) is 0 Å². The summed E-state index contributed by atoms with van der Waals surface area (Å²) in [5, 5.41) is 15.9. The Hall–Kier alpha value is -4.20. The first-order chi connectivity index (χ1) is 16.3. The summed E-state index contributed by atoms with van der Waals surface area (Å²) in [4.78, 5) is 29.1. The van der Waals surface area contributed by atoms with Crippen molar-refractivity contribution in [3.63, 3.8) is 0 Å². The number of aromatic nitrogens is 2. The minimum absolute atomic E-state index is 0.0119. The summed E-state index contributed by atoms with van der Waals surface area (Å²) >= 11 is 0. The van der Waals surface area contributed by atoms with Crippen LogP contribution in [0.15, 0.2) is 65.1 Å². The van der Waals surface area contributed by atoms with Crippen LogP contribution in [0.25, 0.3) is 27.6 Å². The lowest BCUT2D eigenvalue weighted by Gasteiger charge is -2.12. The van der Waals surface area contributed by atoms with E-state index in [0.29, 0.717) is 22.2 Å². The molecule has 2 aromatic carbocycles. The number of nitrogens with one attached hydrogen (secondary N) is 1. The van der Waals surface area contributed by atoms with Crippen molar-refractivity contribution in [3.05, 3.63) is 83.0 Å². The lowest BCUT2D eigenvalue weighted by atomic mass is 10.1. The van der Waals surface area contributed by atoms with E-state index in [1.807, 2.05) is 43.3 Å². The number of ether oxygens (including phenoxy) is 1. The number of allylic oxidation sites excluding steroid dienone is 2. The minimum Gasteiger partial charge on any atom is -0.618 e. The SMILES string of the molecule is C/C(=C/CC(C)C(=O)OCNC(=O)c1nc2ccccc2[n+]([O-])c1C)c1cc2ccccc2o1. The normalized spacial score (nSPS) is 12.6. The smallest absolute Gasteiger partial charge is 0.310 e. The maximum absolute atomic E-state index is 12.5. The average molecular weight is 460 g/mol. The second-order valence-corrected chi connectivity index (χ2v) is 8.11. The number of hydrogen-bond donors (Lipinski definition) is 1. The Balaban J connectivity index is 1.32. The maximum atomic E-state index is 12.5. The Morgan fingerprint density at radius 1 is 1.21 bits per heavy atom. The molecule has 0 saturated heterocycles. The van der Waals surface area contributed by atoms with E-state index in [1.54, 1.807) is 31.2 Å². The van der Waals surface area contributed by atoms with Gasteiger partial charge < -0.3 is 19.7 Å². The molecule has 34 heavy (non-hydrogen) atoms. The zero-order chi connectivity index (χ0) is 24.2. The number of carbonyl (C=O) groups is 2. The van der Waals surface area contributed by atoms with E-state index < -0.39 is 17.8 Å². The molecule has 4 rings (SSSR count). The summed E-state index contributed by atoms with van der Waals surface area (Å²) in [6.45, 7) is 4.88. The monoisotopic (exact) mass is 459 g/mol. The summed E-state index contributed by atoms with van der Waals surface area (Å²) in [6, 6.07) is 16.5. The number of nitrogens with zero attached hydrogens (tertiary/aromatic N) is 2. The zero-order valence-corrected chi connectivity index (χ0v) is 19.2. The van der Waals surface area contributed by atoms with Crippen molar-refractivity contribution in [1.82, 2.24) is 10.3 Å². The van der Waals surface area contributed by atoms with E-state index in [0.717, 1.165) is 22.3 Å². The Bertz CT molecular complexity index is 1370. The first kappa shape index (κ1) is 23.0. The van der Waals surface area contributed by atoms with Crippen molar-refractivity contribution in [2.45, 2.75) is 27.2 Å². The van der Waals surface area contributed by atoms with Crippen LogP contribution in [0.5, 0.6) is 0 Å². The molecule has 0 radical (unpaired) electrons. The van der Waals surface area contributed by atoms with E-state index in [-0.39, 0.29) is 18.1 Å². The third-order valence-electron chi connectivity index (χ3n) is 5.64. The zero-order valence-electron chi connectivity index (χ0n) is 19.2. The number of benzene rings is 2. The Morgan fingerprint density at radius 3 is 2.74 bits per heavy atom. The molecule has 1 atom stereocenters. The highest BCUT2D eigenvalue weighted by Crippen LogP contribution is 2.25. The van der Waals surface area contributed by atoms with Gasteiger partial charge in [-0.05, 0) is 37.1 Å². The van der Waals surface area contributed by atoms with E-state index in [9.17, 15) is 14.8 Å². The van der Waals surface area contributed by atoms with Gasteiger partial charge in [-0.2, -0.15) is 4.73 Å². The fourth-order valence-electron chi connectivity index (χ4n) is 3.55. The lowest BCUT2D eigenvalue weighted by molar-refractivity contribution is -0.584. The molecule has 0 fully saturated rings. The number of fused-ring (bicyclic) bond motifs is 2. The molecule has 2 aromatic heterocycles. The van der Waals surface area contributed by atoms with Crippen LogP contribution in [-0.2, 0) is 9.53 Å². The number of amides is 1. The van der Waals surface area contributed by atoms with Crippen LogP contribution in [-0.4, -0.2) is 23.6 Å². The van der Waals surface area contributed by atoms with Gasteiger partial charge in [-0.25, -0.2) is 4.98 Å². The number of esters is 1. The predicted octanol–water partition coefficient (Wildman–Crippen LogP) is 4.28. The number of furan rings is 1. The molecule has 1 amide bonds. The predicted molar refractivity (Wildman–Crippen MR) is 128 cm³/mol. The minimum atomic E-state index is -0.589. The van der Waals surface area contributed by atoms with Crippen molar-refractivity contribution in [2.24, 2.45) is 5.92 Å². The summed E-state index contributed by atoms with van der Waals surface area (Å²) in [7, 11) is 0. The summed E-state index contributed by atoms with van der Waals surface area (Å²) in [5.74, 6) is -0.701. The van der Waals surface area contributed by atoms with Gasteiger partial charge in [-0.3, -0.25) is 9.59 Å². The van der Waals surface area contributed by atoms with Crippen LogP contribution in [0.3, 0.4) is 0 Å². The highest BCUT2D eigenvalue weighted by atomic mass is 16.5. The number of hydrogen-bond acceptors (Lipinski definition) is 6. The fraction of sp³-hybridized carbons (Fsp3) is 0.231. The number of para-hydroxylation sites is 3. The van der Waals surface area contributed by atoms with Crippen LogP contribution in [0.1, 0.15) is 42.2 Å². The summed E-state index contributed by atoms with van der Waals surface area (Å²) in [6.07, 6.45) is 2.38. The fourth-order valence-corrected chi connectivity index (χ4v) is 3.55.